The van der Waals surface area contributed by atoms with Gasteiger partial charge < -0.3 is 19.6 Å². The summed E-state index contributed by atoms with van der Waals surface area (Å²) in [5.74, 6) is -0.781. The van der Waals surface area contributed by atoms with E-state index in [1.807, 2.05) is 73.6 Å². The molecule has 1 unspecified atom stereocenters. The smallest absolute Gasteiger partial charge is 0.290 e. The van der Waals surface area contributed by atoms with Gasteiger partial charge in [-0.25, -0.2) is 0 Å². The van der Waals surface area contributed by atoms with Crippen molar-refractivity contribution in [2.24, 2.45) is 5.92 Å². The van der Waals surface area contributed by atoms with Crippen LogP contribution in [-0.4, -0.2) is 53.8 Å². The lowest BCUT2D eigenvalue weighted by Gasteiger charge is -2.28. The van der Waals surface area contributed by atoms with E-state index >= 15 is 0 Å². The van der Waals surface area contributed by atoms with E-state index in [4.69, 9.17) is 4.74 Å². The fourth-order valence-electron chi connectivity index (χ4n) is 3.59. The van der Waals surface area contributed by atoms with Crippen molar-refractivity contribution in [3.8, 4) is 5.75 Å². The van der Waals surface area contributed by atoms with Crippen LogP contribution in [0.2, 0.25) is 0 Å². The lowest BCUT2D eigenvalue weighted by molar-refractivity contribution is -0.129. The number of amides is 1. The third-order valence-corrected chi connectivity index (χ3v) is 5.33. The predicted molar refractivity (Wildman–Crippen MR) is 120 cm³/mol. The second-order valence-electron chi connectivity index (χ2n) is 8.33. The summed E-state index contributed by atoms with van der Waals surface area (Å²) in [5, 5.41) is 10.5. The van der Waals surface area contributed by atoms with E-state index in [2.05, 4.69) is 0 Å². The molecule has 1 atom stereocenters. The number of aliphatic hydroxyl groups excluding tert-OH is 1. The Hall–Kier alpha value is -3.12. The summed E-state index contributed by atoms with van der Waals surface area (Å²) in [6, 6.07) is 16.7. The van der Waals surface area contributed by atoms with Crippen molar-refractivity contribution >= 4 is 11.7 Å². The minimum Gasteiger partial charge on any atom is -0.503 e. The topological polar surface area (TPSA) is 70.1 Å². The molecule has 164 valence electrons. The molecule has 1 aliphatic rings. The third kappa shape index (κ3) is 5.14. The number of hydrogen-bond donors (Lipinski definition) is 1. The van der Waals surface area contributed by atoms with Crippen LogP contribution in [-0.2, 0) is 16.2 Å². The number of ketones is 1. The molecule has 0 radical (unpaired) electrons. The number of nitrogens with zero attached hydrogens (tertiary/aromatic N) is 2. The maximum absolute atomic E-state index is 12.9. The molecule has 6 nitrogen and oxygen atoms in total. The van der Waals surface area contributed by atoms with Crippen LogP contribution in [0.15, 0.2) is 65.9 Å². The van der Waals surface area contributed by atoms with Gasteiger partial charge in [-0.2, -0.15) is 0 Å². The summed E-state index contributed by atoms with van der Waals surface area (Å²) in [6.45, 7) is 5.02. The average Bonchev–Trinajstić information content (AvgIpc) is 3.01. The number of benzene rings is 2. The summed E-state index contributed by atoms with van der Waals surface area (Å²) in [6.07, 6.45) is 0. The number of carbonyl (C=O) groups is 2. The van der Waals surface area contributed by atoms with Gasteiger partial charge in [0.1, 0.15) is 12.4 Å². The van der Waals surface area contributed by atoms with Gasteiger partial charge in [-0.05, 0) is 37.4 Å². The molecule has 0 aliphatic carbocycles. The highest BCUT2D eigenvalue weighted by molar-refractivity contribution is 6.09. The van der Waals surface area contributed by atoms with Crippen molar-refractivity contribution in [2.75, 3.05) is 27.2 Å². The Morgan fingerprint density at radius 3 is 2.32 bits per heavy atom. The molecule has 0 fully saturated rings. The Bertz CT molecular complexity index is 949. The molecule has 6 heteroatoms. The van der Waals surface area contributed by atoms with Gasteiger partial charge in [0.25, 0.3) is 5.91 Å². The molecule has 1 aliphatic heterocycles. The Kier molecular flexibility index (Phi) is 7.13. The maximum Gasteiger partial charge on any atom is 0.290 e. The summed E-state index contributed by atoms with van der Waals surface area (Å²) in [5.41, 5.74) is 2.02. The van der Waals surface area contributed by atoms with Gasteiger partial charge >= 0.3 is 0 Å². The third-order valence-electron chi connectivity index (χ3n) is 5.33. The van der Waals surface area contributed by atoms with Gasteiger partial charge in [0, 0.05) is 19.0 Å². The number of rotatable bonds is 9. The highest BCUT2D eigenvalue weighted by Gasteiger charge is 2.43. The Morgan fingerprint density at radius 2 is 1.74 bits per heavy atom. The zero-order chi connectivity index (χ0) is 22.5. The van der Waals surface area contributed by atoms with Crippen LogP contribution < -0.4 is 4.74 Å². The lowest BCUT2D eigenvalue weighted by Crippen LogP contribution is -2.36. The van der Waals surface area contributed by atoms with Crippen LogP contribution >= 0.6 is 0 Å². The molecular formula is C25H30N2O4. The van der Waals surface area contributed by atoms with Crippen molar-refractivity contribution < 1.29 is 19.4 Å². The zero-order valence-electron chi connectivity index (χ0n) is 18.5. The van der Waals surface area contributed by atoms with Crippen molar-refractivity contribution in [1.82, 2.24) is 9.80 Å². The molecular weight excluding hydrogens is 392 g/mol. The summed E-state index contributed by atoms with van der Waals surface area (Å²) >= 11 is 0. The van der Waals surface area contributed by atoms with Crippen LogP contribution in [0, 0.1) is 5.92 Å². The second kappa shape index (κ2) is 9.79. The molecule has 0 bridgehead atoms. The van der Waals surface area contributed by atoms with Gasteiger partial charge in [-0.3, -0.25) is 9.59 Å². The number of hydrogen-bond acceptors (Lipinski definition) is 5. The Balaban J connectivity index is 1.86. The first-order valence-electron chi connectivity index (χ1n) is 10.5. The quantitative estimate of drug-likeness (QED) is 0.667. The van der Waals surface area contributed by atoms with Gasteiger partial charge in [0.2, 0.25) is 0 Å². The minimum absolute atomic E-state index is 0.178. The van der Waals surface area contributed by atoms with Crippen LogP contribution in [0.1, 0.15) is 31.0 Å². The molecule has 0 saturated carbocycles. The van der Waals surface area contributed by atoms with Crippen LogP contribution in [0.25, 0.3) is 0 Å². The SMILES string of the molecule is CC(C)C(=O)C1=C(O)C(=O)N(CCN(C)C)C1c1ccc(OCc2ccccc2)cc1. The molecule has 3 rings (SSSR count). The summed E-state index contributed by atoms with van der Waals surface area (Å²) in [4.78, 5) is 29.2. The van der Waals surface area contributed by atoms with Crippen molar-refractivity contribution in [1.29, 1.82) is 0 Å². The lowest BCUT2D eigenvalue weighted by atomic mass is 9.91. The molecule has 1 N–H and O–H groups in total. The molecule has 0 spiro atoms. The fourth-order valence-corrected chi connectivity index (χ4v) is 3.59. The molecule has 0 saturated heterocycles. The second-order valence-corrected chi connectivity index (χ2v) is 8.33. The standard InChI is InChI=1S/C25H30N2O4/c1-17(2)23(28)21-22(27(15-14-26(3)4)25(30)24(21)29)19-10-12-20(13-11-19)31-16-18-8-6-5-7-9-18/h5-13,17,22,29H,14-16H2,1-4H3. The van der Waals surface area contributed by atoms with E-state index in [0.29, 0.717) is 25.4 Å². The van der Waals surface area contributed by atoms with Gasteiger partial charge in [0.15, 0.2) is 11.5 Å². The average molecular weight is 423 g/mol. The van der Waals surface area contributed by atoms with Gasteiger partial charge in [0.05, 0.1) is 11.6 Å². The minimum atomic E-state index is -0.606. The zero-order valence-corrected chi connectivity index (χ0v) is 18.5. The number of carbonyl (C=O) groups excluding carboxylic acids is 2. The predicted octanol–water partition coefficient (Wildman–Crippen LogP) is 3.75. The van der Waals surface area contributed by atoms with Crippen molar-refractivity contribution in [3.63, 3.8) is 0 Å². The van der Waals surface area contributed by atoms with E-state index in [1.165, 1.54) is 0 Å². The van der Waals surface area contributed by atoms with Gasteiger partial charge in [-0.1, -0.05) is 56.3 Å². The first-order chi connectivity index (χ1) is 14.8. The number of likely N-dealkylation sites (N-methyl/N-ethyl adjacent to an activating group) is 1. The van der Waals surface area contributed by atoms with Crippen molar-refractivity contribution in [2.45, 2.75) is 26.5 Å². The molecule has 1 heterocycles. The van der Waals surface area contributed by atoms with E-state index in [1.54, 1.807) is 18.7 Å². The Labute approximate surface area is 183 Å². The van der Waals surface area contributed by atoms with E-state index in [9.17, 15) is 14.7 Å². The van der Waals surface area contributed by atoms with Crippen molar-refractivity contribution in [3.05, 3.63) is 77.1 Å². The largest absolute Gasteiger partial charge is 0.503 e. The number of aliphatic hydroxyl groups is 1. The number of ether oxygens (including phenoxy) is 1. The van der Waals surface area contributed by atoms with E-state index in [0.717, 1.165) is 11.1 Å². The van der Waals surface area contributed by atoms with Crippen LogP contribution in [0.5, 0.6) is 5.75 Å². The van der Waals surface area contributed by atoms with E-state index in [-0.39, 0.29) is 17.3 Å². The highest BCUT2D eigenvalue weighted by Crippen LogP contribution is 2.39. The van der Waals surface area contributed by atoms with Gasteiger partial charge in [-0.15, -0.1) is 0 Å². The summed E-state index contributed by atoms with van der Waals surface area (Å²) in [7, 11) is 3.84. The molecule has 1 amide bonds. The first-order valence-corrected chi connectivity index (χ1v) is 10.5. The fraction of sp³-hybridized carbons (Fsp3) is 0.360. The van der Waals surface area contributed by atoms with Crippen LogP contribution in [0.3, 0.4) is 0 Å². The van der Waals surface area contributed by atoms with E-state index < -0.39 is 17.7 Å². The molecule has 2 aromatic carbocycles. The number of Topliss-reactive ketones (excluding diaryl/α,β-unsaturated/α-hetero) is 1. The molecule has 31 heavy (non-hydrogen) atoms. The first kappa shape index (κ1) is 22.6. The monoisotopic (exact) mass is 422 g/mol. The maximum atomic E-state index is 12.9. The highest BCUT2D eigenvalue weighted by atomic mass is 16.5. The Morgan fingerprint density at radius 1 is 1.10 bits per heavy atom. The normalized spacial score (nSPS) is 16.5. The molecule has 2 aromatic rings. The molecule has 0 aromatic heterocycles. The summed E-state index contributed by atoms with van der Waals surface area (Å²) < 4.78 is 5.85. The van der Waals surface area contributed by atoms with Crippen LogP contribution in [0.4, 0.5) is 0 Å².